The molecule has 4 heteroatoms. The molecule has 0 aromatic carbocycles. The van der Waals surface area contributed by atoms with Crippen LogP contribution in [0.25, 0.3) is 0 Å². The summed E-state index contributed by atoms with van der Waals surface area (Å²) in [5, 5.41) is 3.97. The minimum absolute atomic E-state index is 0.0354. The molecule has 0 radical (unpaired) electrons. The summed E-state index contributed by atoms with van der Waals surface area (Å²) in [7, 11) is 0. The van der Waals surface area contributed by atoms with E-state index in [2.05, 4.69) is 10.1 Å². The Hall–Kier alpha value is -0.900. The molecule has 2 rings (SSSR count). The Balaban J connectivity index is 2.04. The SMILES string of the molecule is NC1(Cn2cncn2)CC1. The van der Waals surface area contributed by atoms with Gasteiger partial charge in [0.05, 0.1) is 6.54 Å². The fraction of sp³-hybridized carbons (Fsp3) is 0.667. The maximum Gasteiger partial charge on any atom is 0.137 e. The van der Waals surface area contributed by atoms with Crippen LogP contribution >= 0.6 is 0 Å². The lowest BCUT2D eigenvalue weighted by Crippen LogP contribution is -2.28. The summed E-state index contributed by atoms with van der Waals surface area (Å²) in [6.45, 7) is 0.812. The molecule has 1 aliphatic rings. The Morgan fingerprint density at radius 3 is 2.90 bits per heavy atom. The second-order valence-electron chi connectivity index (χ2n) is 2.96. The molecule has 0 amide bonds. The molecule has 1 aromatic rings. The third kappa shape index (κ3) is 1.02. The number of hydrogen-bond donors (Lipinski definition) is 1. The van der Waals surface area contributed by atoms with Gasteiger partial charge in [0.15, 0.2) is 0 Å². The van der Waals surface area contributed by atoms with Crippen molar-refractivity contribution in [2.45, 2.75) is 24.9 Å². The quantitative estimate of drug-likeness (QED) is 0.614. The van der Waals surface area contributed by atoms with Crippen LogP contribution in [0.1, 0.15) is 12.8 Å². The van der Waals surface area contributed by atoms with Gasteiger partial charge in [0.25, 0.3) is 0 Å². The molecule has 0 spiro atoms. The van der Waals surface area contributed by atoms with Gasteiger partial charge in [0.1, 0.15) is 12.7 Å². The lowest BCUT2D eigenvalue weighted by Gasteiger charge is -2.05. The molecule has 1 saturated carbocycles. The fourth-order valence-electron chi connectivity index (χ4n) is 0.956. The molecule has 0 saturated heterocycles. The summed E-state index contributed by atoms with van der Waals surface area (Å²) < 4.78 is 1.78. The van der Waals surface area contributed by atoms with Crippen molar-refractivity contribution in [3.05, 3.63) is 12.7 Å². The smallest absolute Gasteiger partial charge is 0.137 e. The Morgan fingerprint density at radius 1 is 1.60 bits per heavy atom. The van der Waals surface area contributed by atoms with E-state index in [0.29, 0.717) is 0 Å². The molecule has 0 unspecified atom stereocenters. The highest BCUT2D eigenvalue weighted by Crippen LogP contribution is 2.33. The maximum absolute atomic E-state index is 5.85. The van der Waals surface area contributed by atoms with E-state index < -0.39 is 0 Å². The van der Waals surface area contributed by atoms with E-state index in [1.54, 1.807) is 11.0 Å². The highest BCUT2D eigenvalue weighted by molar-refractivity contribution is 4.97. The van der Waals surface area contributed by atoms with Crippen LogP contribution in [0.15, 0.2) is 12.7 Å². The third-order valence-electron chi connectivity index (χ3n) is 1.84. The summed E-state index contributed by atoms with van der Waals surface area (Å²) in [6, 6.07) is 0. The van der Waals surface area contributed by atoms with Crippen molar-refractivity contribution >= 4 is 0 Å². The molecule has 0 atom stereocenters. The number of nitrogens with two attached hydrogens (primary N) is 1. The Labute approximate surface area is 59.1 Å². The summed E-state index contributed by atoms with van der Waals surface area (Å²) in [6.07, 6.45) is 5.47. The summed E-state index contributed by atoms with van der Waals surface area (Å²) in [4.78, 5) is 3.83. The van der Waals surface area contributed by atoms with Gasteiger partial charge in [-0.25, -0.2) is 4.98 Å². The zero-order valence-corrected chi connectivity index (χ0v) is 5.70. The minimum atomic E-state index is 0.0354. The van der Waals surface area contributed by atoms with Crippen molar-refractivity contribution in [3.8, 4) is 0 Å². The van der Waals surface area contributed by atoms with Gasteiger partial charge in [-0.3, -0.25) is 4.68 Å². The molecule has 54 valence electrons. The molecule has 1 fully saturated rings. The van der Waals surface area contributed by atoms with Gasteiger partial charge in [-0.2, -0.15) is 5.10 Å². The standard InChI is InChI=1S/C6H10N4/c7-6(1-2-6)3-10-5-8-4-9-10/h4-5H,1-3,7H2. The van der Waals surface area contributed by atoms with Gasteiger partial charge < -0.3 is 5.73 Å². The molecule has 2 N–H and O–H groups in total. The zero-order valence-electron chi connectivity index (χ0n) is 5.70. The van der Waals surface area contributed by atoms with E-state index in [0.717, 1.165) is 19.4 Å². The zero-order chi connectivity index (χ0) is 7.03. The highest BCUT2D eigenvalue weighted by atomic mass is 15.3. The van der Waals surface area contributed by atoms with Crippen LogP contribution in [-0.2, 0) is 6.54 Å². The van der Waals surface area contributed by atoms with Crippen LogP contribution in [0.3, 0.4) is 0 Å². The van der Waals surface area contributed by atoms with Crippen molar-refractivity contribution < 1.29 is 0 Å². The van der Waals surface area contributed by atoms with Crippen molar-refractivity contribution in [1.82, 2.24) is 14.8 Å². The van der Waals surface area contributed by atoms with Gasteiger partial charge in [0, 0.05) is 5.54 Å². The highest BCUT2D eigenvalue weighted by Gasteiger charge is 2.38. The first kappa shape index (κ1) is 5.85. The van der Waals surface area contributed by atoms with E-state index in [-0.39, 0.29) is 5.54 Å². The van der Waals surface area contributed by atoms with E-state index in [1.165, 1.54) is 6.33 Å². The predicted octanol–water partition coefficient (Wildman–Crippen LogP) is -0.231. The summed E-state index contributed by atoms with van der Waals surface area (Å²) in [5.74, 6) is 0. The Bertz CT molecular complexity index is 212. The lowest BCUT2D eigenvalue weighted by atomic mass is 10.3. The first-order valence-corrected chi connectivity index (χ1v) is 3.40. The van der Waals surface area contributed by atoms with Gasteiger partial charge >= 0.3 is 0 Å². The Kier molecular flexibility index (Phi) is 1.05. The first-order chi connectivity index (χ1) is 4.79. The van der Waals surface area contributed by atoms with Crippen molar-refractivity contribution in [1.29, 1.82) is 0 Å². The van der Waals surface area contributed by atoms with Crippen LogP contribution in [-0.4, -0.2) is 20.3 Å². The summed E-state index contributed by atoms with van der Waals surface area (Å²) in [5.41, 5.74) is 5.88. The fourth-order valence-corrected chi connectivity index (χ4v) is 0.956. The molecule has 4 nitrogen and oxygen atoms in total. The monoisotopic (exact) mass is 138 g/mol. The molecule has 10 heavy (non-hydrogen) atoms. The predicted molar refractivity (Wildman–Crippen MR) is 36.2 cm³/mol. The number of nitrogens with zero attached hydrogens (tertiary/aromatic N) is 3. The lowest BCUT2D eigenvalue weighted by molar-refractivity contribution is 0.499. The molecular weight excluding hydrogens is 128 g/mol. The third-order valence-corrected chi connectivity index (χ3v) is 1.84. The van der Waals surface area contributed by atoms with Crippen LogP contribution < -0.4 is 5.73 Å². The van der Waals surface area contributed by atoms with Crippen molar-refractivity contribution in [2.24, 2.45) is 5.73 Å². The van der Waals surface area contributed by atoms with Crippen LogP contribution in [0.5, 0.6) is 0 Å². The van der Waals surface area contributed by atoms with E-state index >= 15 is 0 Å². The number of hydrogen-bond acceptors (Lipinski definition) is 3. The van der Waals surface area contributed by atoms with E-state index in [4.69, 9.17) is 5.73 Å². The minimum Gasteiger partial charge on any atom is -0.324 e. The van der Waals surface area contributed by atoms with Gasteiger partial charge in [-0.15, -0.1) is 0 Å². The Morgan fingerprint density at radius 2 is 2.40 bits per heavy atom. The molecular formula is C6H10N4. The van der Waals surface area contributed by atoms with Gasteiger partial charge in [-0.1, -0.05) is 0 Å². The second kappa shape index (κ2) is 1.79. The number of rotatable bonds is 2. The van der Waals surface area contributed by atoms with Crippen LogP contribution in [0, 0.1) is 0 Å². The first-order valence-electron chi connectivity index (χ1n) is 3.40. The molecule has 0 aliphatic heterocycles. The maximum atomic E-state index is 5.85. The average molecular weight is 138 g/mol. The van der Waals surface area contributed by atoms with Crippen LogP contribution in [0.4, 0.5) is 0 Å². The normalized spacial score (nSPS) is 20.9. The number of aromatic nitrogens is 3. The largest absolute Gasteiger partial charge is 0.324 e. The van der Waals surface area contributed by atoms with Crippen molar-refractivity contribution in [3.63, 3.8) is 0 Å². The van der Waals surface area contributed by atoms with Crippen molar-refractivity contribution in [2.75, 3.05) is 0 Å². The summed E-state index contributed by atoms with van der Waals surface area (Å²) >= 11 is 0. The van der Waals surface area contributed by atoms with Crippen LogP contribution in [0.2, 0.25) is 0 Å². The molecule has 1 aromatic heterocycles. The average Bonchev–Trinajstić information content (AvgIpc) is 2.47. The topological polar surface area (TPSA) is 56.7 Å². The van der Waals surface area contributed by atoms with Gasteiger partial charge in [0.2, 0.25) is 0 Å². The van der Waals surface area contributed by atoms with E-state index in [9.17, 15) is 0 Å². The van der Waals surface area contributed by atoms with Gasteiger partial charge in [-0.05, 0) is 12.8 Å². The van der Waals surface area contributed by atoms with E-state index in [1.807, 2.05) is 0 Å². The second-order valence-corrected chi connectivity index (χ2v) is 2.96. The molecule has 1 aliphatic carbocycles. The molecule has 0 bridgehead atoms. The molecule has 1 heterocycles.